The minimum absolute atomic E-state index is 0.0532. The Hall–Kier alpha value is -1.56. The lowest BCUT2D eigenvalue weighted by Crippen LogP contribution is -2.38. The zero-order valence-corrected chi connectivity index (χ0v) is 11.6. The van der Waals surface area contributed by atoms with Crippen LogP contribution in [0.5, 0.6) is 0 Å². The zero-order chi connectivity index (χ0) is 12.7. The van der Waals surface area contributed by atoms with E-state index in [0.717, 1.165) is 23.4 Å². The summed E-state index contributed by atoms with van der Waals surface area (Å²) in [4.78, 5) is 18.5. The van der Waals surface area contributed by atoms with E-state index in [1.807, 2.05) is 35.0 Å². The molecule has 0 N–H and O–H groups in total. The molecule has 0 saturated carbocycles. The quantitative estimate of drug-likeness (QED) is 0.804. The van der Waals surface area contributed by atoms with Gasteiger partial charge >= 0.3 is 0 Å². The Bertz CT molecular complexity index is 601. The van der Waals surface area contributed by atoms with Crippen LogP contribution in [-0.2, 0) is 20.1 Å². The fraction of sp³-hybridized carbons (Fsp3) is 0.333. The highest BCUT2D eigenvalue weighted by atomic mass is 79.9. The average molecular weight is 309 g/mol. The molecule has 3 rings (SSSR count). The SMILES string of the molecule is Cn1cc(Br)cc1C(=O)N1CCn2ccnc2C1. The molecule has 0 spiro atoms. The largest absolute Gasteiger partial charge is 0.345 e. The van der Waals surface area contributed by atoms with Crippen LogP contribution in [0.4, 0.5) is 0 Å². The van der Waals surface area contributed by atoms with Gasteiger partial charge in [0.1, 0.15) is 11.5 Å². The van der Waals surface area contributed by atoms with Crippen molar-refractivity contribution < 1.29 is 4.79 Å². The van der Waals surface area contributed by atoms with Crippen LogP contribution < -0.4 is 0 Å². The third kappa shape index (κ3) is 1.86. The number of carbonyl (C=O) groups is 1. The van der Waals surface area contributed by atoms with Gasteiger partial charge in [0.2, 0.25) is 0 Å². The Kier molecular flexibility index (Phi) is 2.74. The van der Waals surface area contributed by atoms with Gasteiger partial charge in [-0.1, -0.05) is 0 Å². The Balaban J connectivity index is 1.85. The maximum atomic E-state index is 12.4. The molecule has 0 bridgehead atoms. The van der Waals surface area contributed by atoms with Crippen molar-refractivity contribution in [3.05, 3.63) is 40.6 Å². The fourth-order valence-corrected chi connectivity index (χ4v) is 2.77. The lowest BCUT2D eigenvalue weighted by atomic mass is 10.3. The molecule has 2 aromatic rings. The van der Waals surface area contributed by atoms with Crippen molar-refractivity contribution in [1.82, 2.24) is 19.0 Å². The highest BCUT2D eigenvalue weighted by Gasteiger charge is 2.24. The van der Waals surface area contributed by atoms with Crippen LogP contribution >= 0.6 is 15.9 Å². The Morgan fingerprint density at radius 2 is 2.28 bits per heavy atom. The second-order valence-corrected chi connectivity index (χ2v) is 5.33. The van der Waals surface area contributed by atoms with Gasteiger partial charge in [0.15, 0.2) is 0 Å². The minimum atomic E-state index is 0.0532. The predicted octanol–water partition coefficient (Wildman–Crippen LogP) is 1.64. The molecule has 1 aliphatic rings. The molecule has 0 aliphatic carbocycles. The van der Waals surface area contributed by atoms with Crippen LogP contribution in [0, 0.1) is 0 Å². The molecule has 0 saturated heterocycles. The number of aryl methyl sites for hydroxylation is 1. The van der Waals surface area contributed by atoms with E-state index in [1.54, 1.807) is 6.20 Å². The van der Waals surface area contributed by atoms with Gasteiger partial charge in [-0.3, -0.25) is 4.79 Å². The van der Waals surface area contributed by atoms with E-state index in [2.05, 4.69) is 25.5 Å². The molecule has 6 heteroatoms. The van der Waals surface area contributed by atoms with Crippen LogP contribution in [0.3, 0.4) is 0 Å². The molecular formula is C12H13BrN4O. The summed E-state index contributed by atoms with van der Waals surface area (Å²) < 4.78 is 4.85. The van der Waals surface area contributed by atoms with Gasteiger partial charge < -0.3 is 14.0 Å². The highest BCUT2D eigenvalue weighted by Crippen LogP contribution is 2.18. The van der Waals surface area contributed by atoms with Gasteiger partial charge in [-0.25, -0.2) is 4.98 Å². The first-order chi connectivity index (χ1) is 8.65. The van der Waals surface area contributed by atoms with Crippen molar-refractivity contribution >= 4 is 21.8 Å². The molecule has 0 unspecified atom stereocenters. The van der Waals surface area contributed by atoms with E-state index >= 15 is 0 Å². The van der Waals surface area contributed by atoms with Gasteiger partial charge in [0, 0.05) is 43.2 Å². The molecule has 5 nitrogen and oxygen atoms in total. The monoisotopic (exact) mass is 308 g/mol. The highest BCUT2D eigenvalue weighted by molar-refractivity contribution is 9.10. The van der Waals surface area contributed by atoms with E-state index in [1.165, 1.54) is 0 Å². The summed E-state index contributed by atoms with van der Waals surface area (Å²) in [5.74, 6) is 1.00. The number of hydrogen-bond acceptors (Lipinski definition) is 2. The third-order valence-corrected chi connectivity index (χ3v) is 3.66. The number of imidazole rings is 1. The first-order valence-corrected chi connectivity index (χ1v) is 6.55. The fourth-order valence-electron chi connectivity index (χ4n) is 2.25. The van der Waals surface area contributed by atoms with Crippen LogP contribution in [0.1, 0.15) is 16.3 Å². The molecule has 3 heterocycles. The van der Waals surface area contributed by atoms with Gasteiger partial charge in [0.05, 0.1) is 6.54 Å². The normalized spacial score (nSPS) is 14.7. The zero-order valence-electron chi connectivity index (χ0n) is 10.0. The van der Waals surface area contributed by atoms with Gasteiger partial charge in [-0.15, -0.1) is 0 Å². The third-order valence-electron chi connectivity index (χ3n) is 3.22. The molecular weight excluding hydrogens is 296 g/mol. The van der Waals surface area contributed by atoms with Crippen molar-refractivity contribution in [3.8, 4) is 0 Å². The summed E-state index contributed by atoms with van der Waals surface area (Å²) >= 11 is 3.39. The van der Waals surface area contributed by atoms with Gasteiger partial charge in [0.25, 0.3) is 5.91 Å². The smallest absolute Gasteiger partial charge is 0.270 e. The summed E-state index contributed by atoms with van der Waals surface area (Å²) in [6, 6.07) is 1.85. The summed E-state index contributed by atoms with van der Waals surface area (Å²) in [6.07, 6.45) is 5.62. The number of rotatable bonds is 1. The Morgan fingerprint density at radius 3 is 3.00 bits per heavy atom. The van der Waals surface area contributed by atoms with E-state index < -0.39 is 0 Å². The second-order valence-electron chi connectivity index (χ2n) is 4.42. The number of hydrogen-bond donors (Lipinski definition) is 0. The molecule has 1 amide bonds. The summed E-state index contributed by atoms with van der Waals surface area (Å²) in [6.45, 7) is 2.12. The maximum Gasteiger partial charge on any atom is 0.270 e. The maximum absolute atomic E-state index is 12.4. The molecule has 0 radical (unpaired) electrons. The number of nitrogens with zero attached hydrogens (tertiary/aromatic N) is 4. The number of carbonyl (C=O) groups excluding carboxylic acids is 1. The first-order valence-electron chi connectivity index (χ1n) is 5.76. The van der Waals surface area contributed by atoms with E-state index in [4.69, 9.17) is 0 Å². The van der Waals surface area contributed by atoms with Crippen LogP contribution in [0.25, 0.3) is 0 Å². The summed E-state index contributed by atoms with van der Waals surface area (Å²) in [5.41, 5.74) is 0.696. The standard InChI is InChI=1S/C12H13BrN4O/c1-15-7-9(13)6-10(15)12(18)17-5-4-16-3-2-14-11(16)8-17/h2-3,6-7H,4-5,8H2,1H3. The molecule has 94 valence electrons. The summed E-state index contributed by atoms with van der Waals surface area (Å²) in [7, 11) is 1.88. The lowest BCUT2D eigenvalue weighted by Gasteiger charge is -2.27. The van der Waals surface area contributed by atoms with Crippen molar-refractivity contribution in [3.63, 3.8) is 0 Å². The average Bonchev–Trinajstić information content (AvgIpc) is 2.93. The number of fused-ring (bicyclic) bond motifs is 1. The molecule has 0 atom stereocenters. The second kappa shape index (κ2) is 4.28. The van der Waals surface area contributed by atoms with Crippen molar-refractivity contribution in [2.45, 2.75) is 13.1 Å². The van der Waals surface area contributed by atoms with Crippen molar-refractivity contribution in [2.24, 2.45) is 7.05 Å². The van der Waals surface area contributed by atoms with Crippen LogP contribution in [-0.4, -0.2) is 31.5 Å². The number of aromatic nitrogens is 3. The molecule has 18 heavy (non-hydrogen) atoms. The van der Waals surface area contributed by atoms with Gasteiger partial charge in [-0.2, -0.15) is 0 Å². The molecule has 2 aromatic heterocycles. The molecule has 1 aliphatic heterocycles. The lowest BCUT2D eigenvalue weighted by molar-refractivity contribution is 0.0698. The van der Waals surface area contributed by atoms with Crippen LogP contribution in [0.2, 0.25) is 0 Å². The molecule has 0 aromatic carbocycles. The predicted molar refractivity (Wildman–Crippen MR) is 70.1 cm³/mol. The minimum Gasteiger partial charge on any atom is -0.345 e. The van der Waals surface area contributed by atoms with Gasteiger partial charge in [-0.05, 0) is 22.0 Å². The van der Waals surface area contributed by atoms with E-state index in [-0.39, 0.29) is 5.91 Å². The Morgan fingerprint density at radius 1 is 1.44 bits per heavy atom. The van der Waals surface area contributed by atoms with Crippen LogP contribution in [0.15, 0.2) is 29.1 Å². The van der Waals surface area contributed by atoms with E-state index in [9.17, 15) is 4.79 Å². The first kappa shape index (κ1) is 11.5. The van der Waals surface area contributed by atoms with E-state index in [0.29, 0.717) is 12.2 Å². The number of halogens is 1. The number of amides is 1. The molecule has 0 fully saturated rings. The topological polar surface area (TPSA) is 43.1 Å². The van der Waals surface area contributed by atoms with Crippen molar-refractivity contribution in [2.75, 3.05) is 6.54 Å². The Labute approximate surface area is 113 Å². The summed E-state index contributed by atoms with van der Waals surface area (Å²) in [5, 5.41) is 0. The van der Waals surface area contributed by atoms with Crippen molar-refractivity contribution in [1.29, 1.82) is 0 Å².